The fourth-order valence-electron chi connectivity index (χ4n) is 3.11. The number of rotatable bonds is 14. The maximum absolute atomic E-state index is 11.1. The minimum absolute atomic E-state index is 0. The average Bonchev–Trinajstić information content (AvgIpc) is 2.59. The predicted molar refractivity (Wildman–Crippen MR) is 95.3 cm³/mol. The Balaban J connectivity index is 0. The SMILES string of the molecule is CCCCCCCCCCCCCc1cc(C(=O)[O-])ccc1C(=O)[O-].[Na+].[Na+]. The van der Waals surface area contributed by atoms with Gasteiger partial charge in [0, 0.05) is 5.56 Å². The second-order valence-electron chi connectivity index (χ2n) is 6.73. The number of hydrogen-bond acceptors (Lipinski definition) is 4. The standard InChI is InChI=1S/C21H32O4.2Na/c1-2-3-4-5-6-7-8-9-10-11-12-13-17-16-18(20(22)23)14-15-19(17)21(24)25;;/h14-16H,2-13H2,1H3,(H,22,23)(H,24,25);;/q;2*+1/p-2. The van der Waals surface area contributed by atoms with Crippen molar-refractivity contribution in [2.24, 2.45) is 0 Å². The van der Waals surface area contributed by atoms with Crippen molar-refractivity contribution in [2.45, 2.75) is 84.0 Å². The van der Waals surface area contributed by atoms with E-state index in [-0.39, 0.29) is 70.2 Å². The van der Waals surface area contributed by atoms with Gasteiger partial charge in [-0.1, -0.05) is 83.3 Å². The zero-order valence-electron chi connectivity index (χ0n) is 17.4. The van der Waals surface area contributed by atoms with Gasteiger partial charge in [0.15, 0.2) is 0 Å². The summed E-state index contributed by atoms with van der Waals surface area (Å²) in [6.45, 7) is 2.23. The molecule has 0 fully saturated rings. The zero-order chi connectivity index (χ0) is 18.5. The summed E-state index contributed by atoms with van der Waals surface area (Å²) in [6.07, 6.45) is 14.0. The molecule has 0 spiro atoms. The second-order valence-corrected chi connectivity index (χ2v) is 6.73. The predicted octanol–water partition coefficient (Wildman–Crippen LogP) is -2.72. The van der Waals surface area contributed by atoms with E-state index in [1.165, 1.54) is 69.6 Å². The molecular weight excluding hydrogens is 362 g/mol. The van der Waals surface area contributed by atoms with Gasteiger partial charge in [0.25, 0.3) is 0 Å². The van der Waals surface area contributed by atoms with Crippen LogP contribution in [0.1, 0.15) is 104 Å². The maximum Gasteiger partial charge on any atom is 1.00 e. The van der Waals surface area contributed by atoms with E-state index >= 15 is 0 Å². The van der Waals surface area contributed by atoms with Crippen molar-refractivity contribution in [3.8, 4) is 0 Å². The molecule has 27 heavy (non-hydrogen) atoms. The first-order valence-corrected chi connectivity index (χ1v) is 9.62. The second kappa shape index (κ2) is 18.2. The minimum atomic E-state index is -1.29. The van der Waals surface area contributed by atoms with E-state index in [2.05, 4.69) is 6.92 Å². The smallest absolute Gasteiger partial charge is 0.545 e. The summed E-state index contributed by atoms with van der Waals surface area (Å²) in [7, 11) is 0. The fourth-order valence-corrected chi connectivity index (χ4v) is 3.11. The summed E-state index contributed by atoms with van der Waals surface area (Å²) < 4.78 is 0. The first-order valence-electron chi connectivity index (χ1n) is 9.62. The van der Waals surface area contributed by atoms with Gasteiger partial charge in [0.05, 0.1) is 11.9 Å². The van der Waals surface area contributed by atoms with Crippen molar-refractivity contribution in [2.75, 3.05) is 0 Å². The molecule has 0 atom stereocenters. The van der Waals surface area contributed by atoms with Gasteiger partial charge in [-0.2, -0.15) is 0 Å². The third-order valence-electron chi connectivity index (χ3n) is 4.61. The molecule has 4 nitrogen and oxygen atoms in total. The van der Waals surface area contributed by atoms with E-state index in [0.717, 1.165) is 19.3 Å². The quantitative estimate of drug-likeness (QED) is 0.254. The van der Waals surface area contributed by atoms with Crippen molar-refractivity contribution < 1.29 is 78.9 Å². The number of carboxylic acid groups (broad SMARTS) is 2. The van der Waals surface area contributed by atoms with E-state index in [9.17, 15) is 19.8 Å². The van der Waals surface area contributed by atoms with Gasteiger partial charge in [-0.15, -0.1) is 0 Å². The van der Waals surface area contributed by atoms with Gasteiger partial charge in [-0.25, -0.2) is 0 Å². The Hall–Kier alpha value is 0.160. The molecule has 0 aliphatic heterocycles. The molecule has 1 aromatic carbocycles. The Morgan fingerprint density at radius 2 is 1.22 bits per heavy atom. The number of carboxylic acids is 2. The molecule has 0 aliphatic carbocycles. The largest absolute Gasteiger partial charge is 1.00 e. The third kappa shape index (κ3) is 13.1. The van der Waals surface area contributed by atoms with Gasteiger partial charge in [-0.3, -0.25) is 0 Å². The van der Waals surface area contributed by atoms with Crippen LogP contribution in [0.5, 0.6) is 0 Å². The number of aromatic carboxylic acids is 2. The normalized spacial score (nSPS) is 9.96. The molecule has 0 radical (unpaired) electrons. The topological polar surface area (TPSA) is 80.3 Å². The Labute approximate surface area is 208 Å². The van der Waals surface area contributed by atoms with Crippen molar-refractivity contribution in [1.29, 1.82) is 0 Å². The minimum Gasteiger partial charge on any atom is -0.545 e. The van der Waals surface area contributed by atoms with Gasteiger partial charge < -0.3 is 19.8 Å². The van der Waals surface area contributed by atoms with Crippen LogP contribution in [0.25, 0.3) is 0 Å². The molecule has 140 valence electrons. The Kier molecular flexibility index (Phi) is 19.8. The van der Waals surface area contributed by atoms with E-state index < -0.39 is 11.9 Å². The van der Waals surface area contributed by atoms with Crippen molar-refractivity contribution in [3.63, 3.8) is 0 Å². The molecule has 0 aliphatic rings. The molecule has 0 amide bonds. The number of aryl methyl sites for hydroxylation is 1. The Morgan fingerprint density at radius 1 is 0.741 bits per heavy atom. The van der Waals surface area contributed by atoms with Crippen LogP contribution >= 0.6 is 0 Å². The number of benzene rings is 1. The van der Waals surface area contributed by atoms with E-state index in [4.69, 9.17) is 0 Å². The summed E-state index contributed by atoms with van der Waals surface area (Å²) in [6, 6.07) is 3.95. The molecule has 0 heterocycles. The number of unbranched alkanes of at least 4 members (excludes halogenated alkanes) is 10. The first-order chi connectivity index (χ1) is 12.1. The van der Waals surface area contributed by atoms with E-state index in [1.54, 1.807) is 0 Å². The molecule has 0 bridgehead atoms. The Bertz CT molecular complexity index is 547. The Morgan fingerprint density at radius 3 is 1.67 bits per heavy atom. The summed E-state index contributed by atoms with van der Waals surface area (Å²) in [5, 5.41) is 22.0. The van der Waals surface area contributed by atoms with Crippen LogP contribution in [0.4, 0.5) is 0 Å². The third-order valence-corrected chi connectivity index (χ3v) is 4.61. The summed E-state index contributed by atoms with van der Waals surface area (Å²) >= 11 is 0. The number of hydrogen-bond donors (Lipinski definition) is 0. The number of carbonyl (C=O) groups excluding carboxylic acids is 2. The summed E-state index contributed by atoms with van der Waals surface area (Å²) in [4.78, 5) is 22.0. The van der Waals surface area contributed by atoms with Crippen LogP contribution in [-0.4, -0.2) is 11.9 Å². The van der Waals surface area contributed by atoms with E-state index in [1.807, 2.05) is 0 Å². The van der Waals surface area contributed by atoms with Gasteiger partial charge >= 0.3 is 59.1 Å². The van der Waals surface area contributed by atoms with Crippen molar-refractivity contribution in [1.82, 2.24) is 0 Å². The maximum atomic E-state index is 11.1. The van der Waals surface area contributed by atoms with Crippen LogP contribution in [-0.2, 0) is 6.42 Å². The van der Waals surface area contributed by atoms with Crippen LogP contribution in [0.2, 0.25) is 0 Å². The molecule has 0 aromatic heterocycles. The van der Waals surface area contributed by atoms with Crippen LogP contribution < -0.4 is 69.3 Å². The van der Waals surface area contributed by atoms with Gasteiger partial charge in [-0.05, 0) is 30.0 Å². The van der Waals surface area contributed by atoms with Crippen LogP contribution in [0.3, 0.4) is 0 Å². The molecule has 0 saturated heterocycles. The zero-order valence-corrected chi connectivity index (χ0v) is 21.4. The van der Waals surface area contributed by atoms with Crippen LogP contribution in [0.15, 0.2) is 18.2 Å². The van der Waals surface area contributed by atoms with E-state index in [0.29, 0.717) is 12.0 Å². The number of carbonyl (C=O) groups is 2. The molecule has 0 unspecified atom stereocenters. The molecule has 1 rings (SSSR count). The summed E-state index contributed by atoms with van der Waals surface area (Å²) in [5.41, 5.74) is 0.623. The summed E-state index contributed by atoms with van der Waals surface area (Å²) in [5.74, 6) is -2.55. The molecular formula is C21H30Na2O4. The molecule has 0 saturated carbocycles. The fraction of sp³-hybridized carbons (Fsp3) is 0.619. The van der Waals surface area contributed by atoms with Gasteiger partial charge in [0.2, 0.25) is 0 Å². The first kappa shape index (κ1) is 29.4. The monoisotopic (exact) mass is 392 g/mol. The van der Waals surface area contributed by atoms with Crippen molar-refractivity contribution in [3.05, 3.63) is 34.9 Å². The molecule has 0 N–H and O–H groups in total. The van der Waals surface area contributed by atoms with Gasteiger partial charge in [0.1, 0.15) is 0 Å². The van der Waals surface area contributed by atoms with Crippen LogP contribution in [0, 0.1) is 0 Å². The van der Waals surface area contributed by atoms with Crippen molar-refractivity contribution >= 4 is 11.9 Å². The molecule has 1 aromatic rings. The molecule has 6 heteroatoms. The average molecular weight is 392 g/mol.